The van der Waals surface area contributed by atoms with Crippen molar-refractivity contribution in [3.8, 4) is 10.6 Å². The summed E-state index contributed by atoms with van der Waals surface area (Å²) in [6.45, 7) is 0. The molecule has 0 saturated heterocycles. The zero-order valence-corrected chi connectivity index (χ0v) is 14.8. The molecule has 1 aromatic heterocycles. The molecule has 3 rings (SSSR count). The molecule has 124 valence electrons. The highest BCUT2D eigenvalue weighted by Gasteiger charge is 2.19. The van der Waals surface area contributed by atoms with Gasteiger partial charge in [-0.25, -0.2) is 13.4 Å². The van der Waals surface area contributed by atoms with Crippen LogP contribution < -0.4 is 10.5 Å². The van der Waals surface area contributed by atoms with Crippen LogP contribution in [0.25, 0.3) is 16.6 Å². The number of aliphatic imine (C=N–C) groups is 1. The minimum Gasteiger partial charge on any atom is -0.378 e. The van der Waals surface area contributed by atoms with Crippen LogP contribution in [0.1, 0.15) is 4.88 Å². The minimum absolute atomic E-state index is 0.241. The molecule has 2 aromatic rings. The van der Waals surface area contributed by atoms with Crippen molar-refractivity contribution in [1.29, 1.82) is 0 Å². The van der Waals surface area contributed by atoms with Gasteiger partial charge in [-0.15, -0.1) is 11.3 Å². The number of carbonyl (C=O) groups excluding carboxylic acids is 1. The molecule has 0 spiro atoms. The van der Waals surface area contributed by atoms with Gasteiger partial charge >= 0.3 is 0 Å². The van der Waals surface area contributed by atoms with E-state index in [1.54, 1.807) is 36.5 Å². The molecule has 1 aromatic carbocycles. The maximum atomic E-state index is 11.6. The van der Waals surface area contributed by atoms with Gasteiger partial charge in [-0.3, -0.25) is 9.52 Å². The highest BCUT2D eigenvalue weighted by molar-refractivity contribution is 8.18. The summed E-state index contributed by atoms with van der Waals surface area (Å²) >= 11 is 2.55. The molecular formula is C14H12N4O3S3. The average molecular weight is 380 g/mol. The van der Waals surface area contributed by atoms with Crippen LogP contribution in [0.5, 0.6) is 0 Å². The molecule has 0 atom stereocenters. The van der Waals surface area contributed by atoms with Gasteiger partial charge in [-0.1, -0.05) is 0 Å². The van der Waals surface area contributed by atoms with Gasteiger partial charge in [-0.05, 0) is 42.1 Å². The molecule has 0 saturated carbocycles. The van der Waals surface area contributed by atoms with Crippen LogP contribution in [0, 0.1) is 0 Å². The average Bonchev–Trinajstić information content (AvgIpc) is 3.06. The maximum absolute atomic E-state index is 11.6. The molecular weight excluding hydrogens is 368 g/mol. The first-order valence-corrected chi connectivity index (χ1v) is 10.1. The summed E-state index contributed by atoms with van der Waals surface area (Å²) in [4.78, 5) is 20.8. The first-order valence-electron chi connectivity index (χ1n) is 6.62. The van der Waals surface area contributed by atoms with E-state index < -0.39 is 10.0 Å². The highest BCUT2D eigenvalue weighted by atomic mass is 32.2. The predicted molar refractivity (Wildman–Crippen MR) is 98.2 cm³/mol. The number of hydrogen-bond acceptors (Lipinski definition) is 7. The first kappa shape index (κ1) is 16.7. The molecule has 1 aliphatic rings. The van der Waals surface area contributed by atoms with Gasteiger partial charge in [-0.2, -0.15) is 4.99 Å². The van der Waals surface area contributed by atoms with E-state index in [0.717, 1.165) is 33.5 Å². The van der Waals surface area contributed by atoms with E-state index in [-0.39, 0.29) is 11.1 Å². The van der Waals surface area contributed by atoms with Crippen LogP contribution in [0.3, 0.4) is 0 Å². The second-order valence-corrected chi connectivity index (χ2v) is 8.76. The van der Waals surface area contributed by atoms with Crippen molar-refractivity contribution >= 4 is 56.0 Å². The SMILES string of the molecule is CS(=O)(=O)Nc1ccc(-c2ncc(/C=C3\SC(N)=NC3=O)s2)cc1. The van der Waals surface area contributed by atoms with Gasteiger partial charge in [0.15, 0.2) is 5.17 Å². The fraction of sp³-hybridized carbons (Fsp3) is 0.0714. The Morgan fingerprint density at radius 3 is 2.54 bits per heavy atom. The molecule has 0 fully saturated rings. The summed E-state index contributed by atoms with van der Waals surface area (Å²) in [5.41, 5.74) is 6.85. The summed E-state index contributed by atoms with van der Waals surface area (Å²) in [5, 5.41) is 1.00. The summed E-state index contributed by atoms with van der Waals surface area (Å²) in [6.07, 6.45) is 4.47. The Labute approximate surface area is 146 Å². The molecule has 10 heteroatoms. The summed E-state index contributed by atoms with van der Waals surface area (Å²) in [7, 11) is -3.30. The van der Waals surface area contributed by atoms with Gasteiger partial charge in [0.1, 0.15) is 5.01 Å². The number of thiazole rings is 1. The molecule has 2 heterocycles. The Kier molecular flexibility index (Phi) is 4.43. The summed E-state index contributed by atoms with van der Waals surface area (Å²) < 4.78 is 24.8. The summed E-state index contributed by atoms with van der Waals surface area (Å²) in [6, 6.07) is 6.89. The molecule has 1 aliphatic heterocycles. The molecule has 0 aliphatic carbocycles. The Balaban J connectivity index is 1.79. The second-order valence-electron chi connectivity index (χ2n) is 4.89. The van der Waals surface area contributed by atoms with E-state index >= 15 is 0 Å². The number of aromatic nitrogens is 1. The minimum atomic E-state index is -3.30. The standard InChI is InChI=1S/C14H12N4O3S3/c1-24(20,21)18-9-4-2-8(3-5-9)13-16-7-10(22-13)6-11-12(19)17-14(15)23-11/h2-7,18H,1H3,(H2,15,17,19)/b11-6-. The molecule has 0 radical (unpaired) electrons. The third-order valence-corrected chi connectivity index (χ3v) is 5.28. The number of amidine groups is 1. The number of thioether (sulfide) groups is 1. The Bertz CT molecular complexity index is 959. The number of rotatable bonds is 4. The molecule has 3 N–H and O–H groups in total. The first-order chi connectivity index (χ1) is 11.3. The van der Waals surface area contributed by atoms with Crippen LogP contribution in [-0.2, 0) is 14.8 Å². The fourth-order valence-electron chi connectivity index (χ4n) is 1.94. The van der Waals surface area contributed by atoms with Crippen LogP contribution in [0.4, 0.5) is 5.69 Å². The third-order valence-electron chi connectivity index (χ3n) is 2.87. The van der Waals surface area contributed by atoms with Crippen molar-refractivity contribution in [1.82, 2.24) is 4.98 Å². The number of nitrogens with two attached hydrogens (primary N) is 1. The Hall–Kier alpha value is -2.17. The van der Waals surface area contributed by atoms with E-state index in [0.29, 0.717) is 10.6 Å². The lowest BCUT2D eigenvalue weighted by Crippen LogP contribution is -2.09. The van der Waals surface area contributed by atoms with Gasteiger partial charge in [0, 0.05) is 22.3 Å². The van der Waals surface area contributed by atoms with E-state index in [9.17, 15) is 13.2 Å². The van der Waals surface area contributed by atoms with Crippen LogP contribution in [0.15, 0.2) is 40.4 Å². The van der Waals surface area contributed by atoms with Crippen molar-refractivity contribution in [3.63, 3.8) is 0 Å². The molecule has 0 unspecified atom stereocenters. The number of hydrogen-bond donors (Lipinski definition) is 2. The number of nitrogens with zero attached hydrogens (tertiary/aromatic N) is 2. The number of sulfonamides is 1. The van der Waals surface area contributed by atoms with Crippen LogP contribution in [0.2, 0.25) is 0 Å². The quantitative estimate of drug-likeness (QED) is 0.785. The largest absolute Gasteiger partial charge is 0.378 e. The van der Waals surface area contributed by atoms with Crippen molar-refractivity contribution in [3.05, 3.63) is 40.2 Å². The lowest BCUT2D eigenvalue weighted by Gasteiger charge is -2.03. The molecule has 1 amide bonds. The van der Waals surface area contributed by atoms with Gasteiger partial charge < -0.3 is 5.73 Å². The normalized spacial score (nSPS) is 16.5. The lowest BCUT2D eigenvalue weighted by molar-refractivity contribution is -0.113. The number of amides is 1. The van der Waals surface area contributed by atoms with Crippen molar-refractivity contribution in [2.75, 3.05) is 11.0 Å². The van der Waals surface area contributed by atoms with Crippen molar-refractivity contribution in [2.24, 2.45) is 10.7 Å². The third kappa shape index (κ3) is 4.02. The van der Waals surface area contributed by atoms with Gasteiger partial charge in [0.25, 0.3) is 5.91 Å². The highest BCUT2D eigenvalue weighted by Crippen LogP contribution is 2.31. The smallest absolute Gasteiger partial charge is 0.286 e. The van der Waals surface area contributed by atoms with Crippen LogP contribution in [-0.4, -0.2) is 30.7 Å². The van der Waals surface area contributed by atoms with Crippen molar-refractivity contribution < 1.29 is 13.2 Å². The summed E-state index contributed by atoms with van der Waals surface area (Å²) in [5.74, 6) is -0.344. The number of carbonyl (C=O) groups is 1. The van der Waals surface area contributed by atoms with E-state index in [4.69, 9.17) is 5.73 Å². The second kappa shape index (κ2) is 6.38. The molecule has 24 heavy (non-hydrogen) atoms. The van der Waals surface area contributed by atoms with E-state index in [1.165, 1.54) is 11.3 Å². The topological polar surface area (TPSA) is 115 Å². The zero-order chi connectivity index (χ0) is 17.3. The monoisotopic (exact) mass is 380 g/mol. The number of benzene rings is 1. The molecule has 0 bridgehead atoms. The van der Waals surface area contributed by atoms with Gasteiger partial charge in [0.2, 0.25) is 10.0 Å². The zero-order valence-electron chi connectivity index (χ0n) is 12.4. The van der Waals surface area contributed by atoms with Gasteiger partial charge in [0.05, 0.1) is 11.2 Å². The maximum Gasteiger partial charge on any atom is 0.286 e. The Morgan fingerprint density at radius 1 is 1.25 bits per heavy atom. The number of anilines is 1. The fourth-order valence-corrected chi connectivity index (χ4v) is 4.11. The molecule has 7 nitrogen and oxygen atoms in total. The van der Waals surface area contributed by atoms with Crippen molar-refractivity contribution in [2.45, 2.75) is 0 Å². The lowest BCUT2D eigenvalue weighted by atomic mass is 10.2. The Morgan fingerprint density at radius 2 is 1.96 bits per heavy atom. The van der Waals surface area contributed by atoms with E-state index in [1.807, 2.05) is 0 Å². The number of nitrogens with one attached hydrogen (secondary N) is 1. The van der Waals surface area contributed by atoms with E-state index in [2.05, 4.69) is 14.7 Å². The van der Waals surface area contributed by atoms with Crippen LogP contribution >= 0.6 is 23.1 Å². The predicted octanol–water partition coefficient (Wildman–Crippen LogP) is 2.11.